The second-order valence-corrected chi connectivity index (χ2v) is 4.95. The molecular weight excluding hydrogens is 192 g/mol. The monoisotopic (exact) mass is 202 g/mol. The van der Waals surface area contributed by atoms with E-state index in [9.17, 15) is 0 Å². The summed E-state index contributed by atoms with van der Waals surface area (Å²) >= 11 is 7.21. The minimum absolute atomic E-state index is 0.572. The topological polar surface area (TPSA) is 25.8 Å². The van der Waals surface area contributed by atoms with Gasteiger partial charge in [-0.2, -0.15) is 0 Å². The fraction of sp³-hybridized carbons (Fsp3) is 0.750. The van der Waals surface area contributed by atoms with Crippen LogP contribution in [0.15, 0.2) is 0 Å². The van der Waals surface area contributed by atoms with Crippen LogP contribution in [-0.4, -0.2) is 10.2 Å². The predicted molar refractivity (Wildman–Crippen MR) is 50.6 cm³/mol. The van der Waals surface area contributed by atoms with E-state index >= 15 is 0 Å². The first kappa shape index (κ1) is 8.45. The Labute approximate surface area is 81.0 Å². The van der Waals surface area contributed by atoms with Crippen molar-refractivity contribution in [3.63, 3.8) is 0 Å². The highest BCUT2D eigenvalue weighted by atomic mass is 35.5. The maximum Gasteiger partial charge on any atom is 0.207 e. The largest absolute Gasteiger partial charge is 0.207 e. The molecule has 0 spiro atoms. The lowest BCUT2D eigenvalue weighted by atomic mass is 10.1. The van der Waals surface area contributed by atoms with Crippen molar-refractivity contribution in [2.24, 2.45) is 5.92 Å². The van der Waals surface area contributed by atoms with Gasteiger partial charge in [-0.05, 0) is 17.5 Å². The van der Waals surface area contributed by atoms with Crippen molar-refractivity contribution < 1.29 is 0 Å². The zero-order valence-electron chi connectivity index (χ0n) is 6.79. The van der Waals surface area contributed by atoms with E-state index in [-0.39, 0.29) is 0 Å². The third-order valence-electron chi connectivity index (χ3n) is 2.38. The van der Waals surface area contributed by atoms with Crippen molar-refractivity contribution in [2.75, 3.05) is 0 Å². The van der Waals surface area contributed by atoms with Crippen LogP contribution in [0.3, 0.4) is 0 Å². The van der Waals surface area contributed by atoms with Gasteiger partial charge in [0.05, 0.1) is 0 Å². The molecule has 1 aliphatic rings. The van der Waals surface area contributed by atoms with Crippen LogP contribution in [0, 0.1) is 5.92 Å². The van der Waals surface area contributed by atoms with Gasteiger partial charge >= 0.3 is 0 Å². The number of nitrogens with zero attached hydrogens (tertiary/aromatic N) is 2. The van der Waals surface area contributed by atoms with Gasteiger partial charge in [-0.25, -0.2) is 0 Å². The van der Waals surface area contributed by atoms with E-state index in [4.69, 9.17) is 11.6 Å². The number of halogens is 1. The van der Waals surface area contributed by atoms with Gasteiger partial charge in [-0.1, -0.05) is 37.0 Å². The van der Waals surface area contributed by atoms with Gasteiger partial charge in [-0.15, -0.1) is 10.2 Å². The lowest BCUT2D eigenvalue weighted by Gasteiger charge is -2.03. The van der Waals surface area contributed by atoms with Gasteiger partial charge < -0.3 is 0 Å². The molecule has 0 saturated heterocycles. The summed E-state index contributed by atoms with van der Waals surface area (Å²) < 4.78 is 0.572. The molecule has 1 fully saturated rings. The Bertz CT molecular complexity index is 255. The van der Waals surface area contributed by atoms with Crippen LogP contribution in [0.25, 0.3) is 0 Å². The molecule has 0 unspecified atom stereocenters. The Hall–Kier alpha value is -0.150. The maximum absolute atomic E-state index is 5.69. The van der Waals surface area contributed by atoms with E-state index in [2.05, 4.69) is 10.2 Å². The first-order valence-electron chi connectivity index (χ1n) is 4.32. The summed E-state index contributed by atoms with van der Waals surface area (Å²) in [6.07, 6.45) is 6.58. The summed E-state index contributed by atoms with van der Waals surface area (Å²) in [6, 6.07) is 0. The molecule has 1 aromatic heterocycles. The highest BCUT2D eigenvalue weighted by Crippen LogP contribution is 2.29. The summed E-state index contributed by atoms with van der Waals surface area (Å²) in [6.45, 7) is 0. The smallest absolute Gasteiger partial charge is 0.142 e. The minimum atomic E-state index is 0.572. The predicted octanol–water partition coefficient (Wildman–Crippen LogP) is 2.92. The first-order chi connectivity index (χ1) is 5.84. The van der Waals surface area contributed by atoms with Gasteiger partial charge in [-0.3, -0.25) is 0 Å². The van der Waals surface area contributed by atoms with Gasteiger partial charge in [0.15, 0.2) is 0 Å². The Balaban J connectivity index is 1.94. The summed E-state index contributed by atoms with van der Waals surface area (Å²) in [5.74, 6) is 0.842. The lowest BCUT2D eigenvalue weighted by molar-refractivity contribution is 0.542. The molecule has 1 aliphatic carbocycles. The van der Waals surface area contributed by atoms with Crippen molar-refractivity contribution in [3.8, 4) is 0 Å². The molecule has 2 rings (SSSR count). The number of hydrogen-bond donors (Lipinski definition) is 0. The zero-order chi connectivity index (χ0) is 8.39. The molecule has 0 aromatic carbocycles. The molecule has 0 aliphatic heterocycles. The molecule has 0 radical (unpaired) electrons. The third kappa shape index (κ3) is 1.96. The SMILES string of the molecule is Clc1nnc(CC2CCCC2)s1. The van der Waals surface area contributed by atoms with E-state index in [0.717, 1.165) is 17.3 Å². The van der Waals surface area contributed by atoms with E-state index < -0.39 is 0 Å². The molecule has 0 bridgehead atoms. The van der Waals surface area contributed by atoms with Gasteiger partial charge in [0.2, 0.25) is 4.47 Å². The van der Waals surface area contributed by atoms with E-state index in [0.29, 0.717) is 4.47 Å². The van der Waals surface area contributed by atoms with Crippen molar-refractivity contribution in [3.05, 3.63) is 9.47 Å². The zero-order valence-corrected chi connectivity index (χ0v) is 8.37. The molecule has 0 atom stereocenters. The lowest BCUT2D eigenvalue weighted by Crippen LogP contribution is -1.97. The maximum atomic E-state index is 5.69. The number of hydrogen-bond acceptors (Lipinski definition) is 3. The van der Waals surface area contributed by atoms with Crippen LogP contribution in [0.4, 0.5) is 0 Å². The van der Waals surface area contributed by atoms with Crippen molar-refractivity contribution in [1.82, 2.24) is 10.2 Å². The number of rotatable bonds is 2. The number of aromatic nitrogens is 2. The summed E-state index contributed by atoms with van der Waals surface area (Å²) in [4.78, 5) is 0. The quantitative estimate of drug-likeness (QED) is 0.737. The molecule has 0 N–H and O–H groups in total. The summed E-state index contributed by atoms with van der Waals surface area (Å²) in [5.41, 5.74) is 0. The molecule has 12 heavy (non-hydrogen) atoms. The van der Waals surface area contributed by atoms with Gasteiger partial charge in [0.1, 0.15) is 5.01 Å². The molecule has 4 heteroatoms. The minimum Gasteiger partial charge on any atom is -0.142 e. The normalized spacial score (nSPS) is 18.8. The van der Waals surface area contributed by atoms with Gasteiger partial charge in [0, 0.05) is 6.42 Å². The Morgan fingerprint density at radius 2 is 2.08 bits per heavy atom. The molecular formula is C8H11ClN2S. The average Bonchev–Trinajstić information content (AvgIpc) is 2.63. The molecule has 2 nitrogen and oxygen atoms in total. The molecule has 1 aromatic rings. The summed E-state index contributed by atoms with van der Waals surface area (Å²) in [5, 5.41) is 8.91. The van der Waals surface area contributed by atoms with Crippen molar-refractivity contribution in [2.45, 2.75) is 32.1 Å². The van der Waals surface area contributed by atoms with E-state index in [1.54, 1.807) is 0 Å². The van der Waals surface area contributed by atoms with Crippen LogP contribution >= 0.6 is 22.9 Å². The molecule has 0 amide bonds. The van der Waals surface area contributed by atoms with E-state index in [1.165, 1.54) is 37.0 Å². The fourth-order valence-electron chi connectivity index (χ4n) is 1.78. The highest BCUT2D eigenvalue weighted by molar-refractivity contribution is 7.15. The fourth-order valence-corrected chi connectivity index (χ4v) is 2.76. The third-order valence-corrected chi connectivity index (χ3v) is 3.42. The van der Waals surface area contributed by atoms with Crippen molar-refractivity contribution >= 4 is 22.9 Å². The highest BCUT2D eigenvalue weighted by Gasteiger charge is 2.17. The first-order valence-corrected chi connectivity index (χ1v) is 5.52. The van der Waals surface area contributed by atoms with Crippen LogP contribution < -0.4 is 0 Å². The standard InChI is InChI=1S/C8H11ClN2S/c9-8-11-10-7(12-8)5-6-3-1-2-4-6/h6H,1-5H2. The average molecular weight is 203 g/mol. The van der Waals surface area contributed by atoms with Crippen LogP contribution in [0.5, 0.6) is 0 Å². The second kappa shape index (κ2) is 3.71. The van der Waals surface area contributed by atoms with Crippen LogP contribution in [0.2, 0.25) is 4.47 Å². The van der Waals surface area contributed by atoms with Crippen LogP contribution in [-0.2, 0) is 6.42 Å². The van der Waals surface area contributed by atoms with E-state index in [1.807, 2.05) is 0 Å². The Morgan fingerprint density at radius 3 is 2.67 bits per heavy atom. The molecule has 1 heterocycles. The molecule has 1 saturated carbocycles. The Kier molecular flexibility index (Phi) is 2.61. The van der Waals surface area contributed by atoms with Crippen LogP contribution in [0.1, 0.15) is 30.7 Å². The van der Waals surface area contributed by atoms with Crippen molar-refractivity contribution in [1.29, 1.82) is 0 Å². The molecule has 66 valence electrons. The Morgan fingerprint density at radius 1 is 1.33 bits per heavy atom. The van der Waals surface area contributed by atoms with Gasteiger partial charge in [0.25, 0.3) is 0 Å². The second-order valence-electron chi connectivity index (χ2n) is 3.30. The summed E-state index contributed by atoms with van der Waals surface area (Å²) in [7, 11) is 0.